The molecule has 1 aromatic rings. The molecule has 17 heavy (non-hydrogen) atoms. The third-order valence-electron chi connectivity index (χ3n) is 2.22. The largest absolute Gasteiger partial charge is 0.416 e. The Kier molecular flexibility index (Phi) is 4.13. The van der Waals surface area contributed by atoms with Crippen LogP contribution < -0.4 is 5.73 Å². The lowest BCUT2D eigenvalue weighted by molar-refractivity contribution is -0.138. The summed E-state index contributed by atoms with van der Waals surface area (Å²) in [6.07, 6.45) is -4.48. The topological polar surface area (TPSA) is 26.0 Å². The van der Waals surface area contributed by atoms with Crippen LogP contribution in [-0.4, -0.2) is 0 Å². The highest BCUT2D eigenvalue weighted by molar-refractivity contribution is 5.33. The highest BCUT2D eigenvalue weighted by Gasteiger charge is 2.34. The van der Waals surface area contributed by atoms with Crippen molar-refractivity contribution >= 4 is 0 Å². The van der Waals surface area contributed by atoms with Gasteiger partial charge >= 0.3 is 6.18 Å². The van der Waals surface area contributed by atoms with Gasteiger partial charge in [0.2, 0.25) is 0 Å². The molecule has 0 saturated carbocycles. The van der Waals surface area contributed by atoms with Crippen LogP contribution in [0, 0.1) is 17.7 Å². The number of hydrogen-bond donors (Lipinski definition) is 1. The Morgan fingerprint density at radius 1 is 1.35 bits per heavy atom. The van der Waals surface area contributed by atoms with Crippen molar-refractivity contribution in [2.75, 3.05) is 0 Å². The van der Waals surface area contributed by atoms with Crippen molar-refractivity contribution in [3.05, 3.63) is 35.1 Å². The van der Waals surface area contributed by atoms with Gasteiger partial charge in [-0.15, -0.1) is 11.8 Å². The maximum atomic E-state index is 13.0. The van der Waals surface area contributed by atoms with Gasteiger partial charge in [-0.3, -0.25) is 0 Å². The molecule has 0 spiro atoms. The second-order valence-electron chi connectivity index (χ2n) is 3.47. The van der Waals surface area contributed by atoms with E-state index in [1.807, 2.05) is 0 Å². The van der Waals surface area contributed by atoms with E-state index in [-0.39, 0.29) is 12.0 Å². The normalized spacial score (nSPS) is 12.8. The molecule has 1 atom stereocenters. The second-order valence-corrected chi connectivity index (χ2v) is 3.47. The van der Waals surface area contributed by atoms with Crippen LogP contribution in [0.5, 0.6) is 0 Å². The molecule has 5 heteroatoms. The van der Waals surface area contributed by atoms with Crippen LogP contribution in [0.15, 0.2) is 18.2 Å². The van der Waals surface area contributed by atoms with E-state index in [0.29, 0.717) is 6.07 Å². The van der Waals surface area contributed by atoms with Gasteiger partial charge in [-0.05, 0) is 30.7 Å². The van der Waals surface area contributed by atoms with Crippen LogP contribution in [0.2, 0.25) is 0 Å². The number of hydrogen-bond acceptors (Lipinski definition) is 1. The summed E-state index contributed by atoms with van der Waals surface area (Å²) in [5.41, 5.74) is 4.40. The average Bonchev–Trinajstić information content (AvgIpc) is 2.24. The second kappa shape index (κ2) is 5.19. The van der Waals surface area contributed by atoms with Crippen molar-refractivity contribution in [3.8, 4) is 11.8 Å². The lowest BCUT2D eigenvalue weighted by Crippen LogP contribution is -2.17. The fraction of sp³-hybridized carbons (Fsp3) is 0.333. The van der Waals surface area contributed by atoms with Crippen LogP contribution in [0.1, 0.15) is 30.5 Å². The van der Waals surface area contributed by atoms with Gasteiger partial charge in [0.25, 0.3) is 0 Å². The Morgan fingerprint density at radius 3 is 2.53 bits per heavy atom. The van der Waals surface area contributed by atoms with Crippen LogP contribution in [0.4, 0.5) is 17.6 Å². The van der Waals surface area contributed by atoms with Gasteiger partial charge in [0.1, 0.15) is 5.82 Å². The van der Waals surface area contributed by atoms with Crippen molar-refractivity contribution in [2.45, 2.75) is 25.6 Å². The third kappa shape index (κ3) is 3.46. The minimum atomic E-state index is -4.54. The summed E-state index contributed by atoms with van der Waals surface area (Å²) in [4.78, 5) is 0. The van der Waals surface area contributed by atoms with Gasteiger partial charge in [0.05, 0.1) is 5.56 Å². The molecule has 0 aliphatic heterocycles. The maximum absolute atomic E-state index is 13.0. The molecular formula is C12H11F4N. The Labute approximate surface area is 96.6 Å². The zero-order valence-electron chi connectivity index (χ0n) is 9.11. The molecule has 0 fully saturated rings. The van der Waals surface area contributed by atoms with Gasteiger partial charge in [-0.25, -0.2) is 4.39 Å². The van der Waals surface area contributed by atoms with Gasteiger partial charge < -0.3 is 5.73 Å². The minimum Gasteiger partial charge on any atom is -0.323 e. The summed E-state index contributed by atoms with van der Waals surface area (Å²) in [6, 6.07) is 1.33. The Morgan fingerprint density at radius 2 is 2.00 bits per heavy atom. The van der Waals surface area contributed by atoms with Crippen LogP contribution in [0.3, 0.4) is 0 Å². The number of halogens is 4. The molecule has 1 rings (SSSR count). The minimum absolute atomic E-state index is 0.0586. The number of alkyl halides is 3. The SMILES string of the molecule is CC#CCC(N)c1cc(F)ccc1C(F)(F)F. The van der Waals surface area contributed by atoms with E-state index in [1.165, 1.54) is 0 Å². The zero-order chi connectivity index (χ0) is 13.1. The van der Waals surface area contributed by atoms with Crippen molar-refractivity contribution in [2.24, 2.45) is 5.73 Å². The highest BCUT2D eigenvalue weighted by atomic mass is 19.4. The van der Waals surface area contributed by atoms with E-state index >= 15 is 0 Å². The van der Waals surface area contributed by atoms with E-state index in [1.54, 1.807) is 6.92 Å². The molecular weight excluding hydrogens is 234 g/mol. The quantitative estimate of drug-likeness (QED) is 0.628. The molecule has 1 nitrogen and oxygen atoms in total. The fourth-order valence-electron chi connectivity index (χ4n) is 1.42. The summed E-state index contributed by atoms with van der Waals surface area (Å²) in [7, 11) is 0. The van der Waals surface area contributed by atoms with E-state index in [4.69, 9.17) is 5.73 Å². The first kappa shape index (κ1) is 13.5. The highest BCUT2D eigenvalue weighted by Crippen LogP contribution is 2.35. The van der Waals surface area contributed by atoms with Gasteiger partial charge in [0.15, 0.2) is 0 Å². The van der Waals surface area contributed by atoms with Gasteiger partial charge in [-0.1, -0.05) is 0 Å². The molecule has 2 N–H and O–H groups in total. The van der Waals surface area contributed by atoms with Gasteiger partial charge in [-0.2, -0.15) is 13.2 Å². The lowest BCUT2D eigenvalue weighted by atomic mass is 9.98. The third-order valence-corrected chi connectivity index (χ3v) is 2.22. The van der Waals surface area contributed by atoms with Gasteiger partial charge in [0, 0.05) is 12.5 Å². The first-order valence-corrected chi connectivity index (χ1v) is 4.88. The number of rotatable bonds is 2. The molecule has 1 unspecified atom stereocenters. The molecule has 0 radical (unpaired) electrons. The Balaban J connectivity index is 3.18. The summed E-state index contributed by atoms with van der Waals surface area (Å²) in [5, 5.41) is 0. The van der Waals surface area contributed by atoms with Crippen molar-refractivity contribution in [3.63, 3.8) is 0 Å². The van der Waals surface area contributed by atoms with Crippen LogP contribution in [-0.2, 0) is 6.18 Å². The number of benzene rings is 1. The molecule has 0 saturated heterocycles. The van der Waals surface area contributed by atoms with E-state index in [2.05, 4.69) is 11.8 Å². The summed E-state index contributed by atoms with van der Waals surface area (Å²) in [6.45, 7) is 1.56. The maximum Gasteiger partial charge on any atom is 0.416 e. The van der Waals surface area contributed by atoms with Crippen molar-refractivity contribution < 1.29 is 17.6 Å². The Hall–Kier alpha value is -1.54. The number of nitrogens with two attached hydrogens (primary N) is 1. The molecule has 0 aliphatic carbocycles. The average molecular weight is 245 g/mol. The molecule has 1 aromatic carbocycles. The molecule has 0 bridgehead atoms. The predicted octanol–water partition coefficient (Wildman–Crippen LogP) is 3.26. The molecule has 0 aromatic heterocycles. The van der Waals surface area contributed by atoms with E-state index in [9.17, 15) is 17.6 Å². The van der Waals surface area contributed by atoms with E-state index in [0.717, 1.165) is 12.1 Å². The standard InChI is InChI=1S/C12H11F4N/c1-2-3-4-11(17)9-7-8(13)5-6-10(9)12(14,15)16/h5-7,11H,4,17H2,1H3. The first-order valence-electron chi connectivity index (χ1n) is 4.88. The fourth-order valence-corrected chi connectivity index (χ4v) is 1.42. The lowest BCUT2D eigenvalue weighted by Gasteiger charge is -2.16. The molecule has 0 aliphatic rings. The Bertz CT molecular complexity index is 454. The molecule has 0 amide bonds. The smallest absolute Gasteiger partial charge is 0.323 e. The first-order chi connectivity index (χ1) is 7.86. The summed E-state index contributed by atoms with van der Waals surface area (Å²) >= 11 is 0. The van der Waals surface area contributed by atoms with Crippen molar-refractivity contribution in [1.82, 2.24) is 0 Å². The monoisotopic (exact) mass is 245 g/mol. The molecule has 0 heterocycles. The van der Waals surface area contributed by atoms with E-state index < -0.39 is 23.6 Å². The summed E-state index contributed by atoms with van der Waals surface area (Å²) in [5.74, 6) is 4.37. The predicted molar refractivity (Wildman–Crippen MR) is 56.4 cm³/mol. The molecule has 92 valence electrons. The van der Waals surface area contributed by atoms with Crippen LogP contribution >= 0.6 is 0 Å². The van der Waals surface area contributed by atoms with Crippen LogP contribution in [0.25, 0.3) is 0 Å². The zero-order valence-corrected chi connectivity index (χ0v) is 9.11. The van der Waals surface area contributed by atoms with Crippen molar-refractivity contribution in [1.29, 1.82) is 0 Å². The summed E-state index contributed by atoms with van der Waals surface area (Å²) < 4.78 is 50.9.